The van der Waals surface area contributed by atoms with Crippen LogP contribution < -0.4 is 0 Å². The maximum absolute atomic E-state index is 4.85. The molecule has 1 aromatic carbocycles. The SMILES string of the molecule is CCc1cccc(C(C)CCC(C)c2cccc(C(C)C)n2)c1. The lowest BCUT2D eigenvalue weighted by Gasteiger charge is -2.17. The van der Waals surface area contributed by atoms with E-state index in [-0.39, 0.29) is 0 Å². The van der Waals surface area contributed by atoms with Gasteiger partial charge < -0.3 is 0 Å². The van der Waals surface area contributed by atoms with Gasteiger partial charge in [0.2, 0.25) is 0 Å². The molecule has 1 heterocycles. The average Bonchev–Trinajstić information content (AvgIpc) is 2.59. The predicted molar refractivity (Wildman–Crippen MR) is 100 cm³/mol. The van der Waals surface area contributed by atoms with E-state index in [4.69, 9.17) is 4.98 Å². The molecule has 0 aliphatic rings. The predicted octanol–water partition coefficient (Wildman–Crippen LogP) is 6.45. The molecule has 0 aliphatic carbocycles. The van der Waals surface area contributed by atoms with E-state index in [0.29, 0.717) is 17.8 Å². The summed E-state index contributed by atoms with van der Waals surface area (Å²) in [7, 11) is 0. The van der Waals surface area contributed by atoms with Gasteiger partial charge in [-0.2, -0.15) is 0 Å². The Balaban J connectivity index is 1.98. The molecule has 2 rings (SSSR count). The van der Waals surface area contributed by atoms with E-state index in [0.717, 1.165) is 6.42 Å². The molecule has 1 aromatic heterocycles. The van der Waals surface area contributed by atoms with Crippen molar-refractivity contribution in [2.45, 2.75) is 71.6 Å². The average molecular weight is 309 g/mol. The van der Waals surface area contributed by atoms with Crippen LogP contribution in [0.3, 0.4) is 0 Å². The number of benzene rings is 1. The smallest absolute Gasteiger partial charge is 0.0435 e. The maximum atomic E-state index is 4.85. The van der Waals surface area contributed by atoms with Crippen molar-refractivity contribution in [2.24, 2.45) is 0 Å². The van der Waals surface area contributed by atoms with Crippen LogP contribution in [0.25, 0.3) is 0 Å². The second-order valence-corrected chi connectivity index (χ2v) is 7.12. The van der Waals surface area contributed by atoms with Crippen LogP contribution in [0.15, 0.2) is 42.5 Å². The fourth-order valence-corrected chi connectivity index (χ4v) is 3.00. The summed E-state index contributed by atoms with van der Waals surface area (Å²) in [5, 5.41) is 0. The number of aromatic nitrogens is 1. The second kappa shape index (κ2) is 8.29. The topological polar surface area (TPSA) is 12.9 Å². The quantitative estimate of drug-likeness (QED) is 0.572. The maximum Gasteiger partial charge on any atom is 0.0435 e. The van der Waals surface area contributed by atoms with Gasteiger partial charge in [-0.1, -0.05) is 65.0 Å². The molecule has 0 radical (unpaired) electrons. The van der Waals surface area contributed by atoms with Crippen LogP contribution in [-0.4, -0.2) is 4.98 Å². The van der Waals surface area contributed by atoms with E-state index in [1.165, 1.54) is 35.4 Å². The van der Waals surface area contributed by atoms with Crippen LogP contribution in [0, 0.1) is 0 Å². The summed E-state index contributed by atoms with van der Waals surface area (Å²) in [6.07, 6.45) is 3.51. The highest BCUT2D eigenvalue weighted by Gasteiger charge is 2.12. The van der Waals surface area contributed by atoms with Crippen molar-refractivity contribution in [1.82, 2.24) is 4.98 Å². The summed E-state index contributed by atoms with van der Waals surface area (Å²) in [5.74, 6) is 1.63. The van der Waals surface area contributed by atoms with Crippen molar-refractivity contribution >= 4 is 0 Å². The Kier molecular flexibility index (Phi) is 6.38. The normalized spacial score (nSPS) is 14.0. The molecule has 2 atom stereocenters. The summed E-state index contributed by atoms with van der Waals surface area (Å²) < 4.78 is 0. The standard InChI is InChI=1S/C22H31N/c1-6-19-9-7-10-20(15-19)17(4)13-14-18(5)22-12-8-11-21(23-22)16(2)3/h7-12,15-18H,6,13-14H2,1-5H3. The van der Waals surface area contributed by atoms with Gasteiger partial charge in [0.1, 0.15) is 0 Å². The third kappa shape index (κ3) is 4.92. The molecule has 1 heteroatoms. The number of hydrogen-bond acceptors (Lipinski definition) is 1. The Bertz CT molecular complexity index is 615. The van der Waals surface area contributed by atoms with Gasteiger partial charge in [0.25, 0.3) is 0 Å². The first-order valence-electron chi connectivity index (χ1n) is 9.07. The zero-order valence-corrected chi connectivity index (χ0v) is 15.3. The van der Waals surface area contributed by atoms with Crippen molar-refractivity contribution < 1.29 is 0 Å². The van der Waals surface area contributed by atoms with Crippen LogP contribution in [0.5, 0.6) is 0 Å². The molecule has 124 valence electrons. The molecule has 2 unspecified atom stereocenters. The van der Waals surface area contributed by atoms with Crippen molar-refractivity contribution in [2.75, 3.05) is 0 Å². The molecule has 0 fully saturated rings. The summed E-state index contributed by atoms with van der Waals surface area (Å²) in [4.78, 5) is 4.85. The van der Waals surface area contributed by atoms with E-state index in [9.17, 15) is 0 Å². The zero-order chi connectivity index (χ0) is 16.8. The van der Waals surface area contributed by atoms with Crippen molar-refractivity contribution in [3.63, 3.8) is 0 Å². The van der Waals surface area contributed by atoms with Crippen molar-refractivity contribution in [1.29, 1.82) is 0 Å². The Morgan fingerprint density at radius 3 is 2.17 bits per heavy atom. The molecule has 2 aromatic rings. The van der Waals surface area contributed by atoms with Crippen molar-refractivity contribution in [3.05, 3.63) is 65.0 Å². The van der Waals surface area contributed by atoms with Gasteiger partial charge in [0, 0.05) is 11.4 Å². The molecular formula is C22H31N. The van der Waals surface area contributed by atoms with Gasteiger partial charge in [-0.05, 0) is 60.3 Å². The third-order valence-electron chi connectivity index (χ3n) is 4.85. The minimum Gasteiger partial charge on any atom is -0.257 e. The van der Waals surface area contributed by atoms with E-state index in [2.05, 4.69) is 77.1 Å². The first kappa shape index (κ1) is 17.7. The summed E-state index contributed by atoms with van der Waals surface area (Å²) in [6.45, 7) is 11.3. The van der Waals surface area contributed by atoms with Crippen LogP contribution in [0.1, 0.15) is 87.7 Å². The number of aryl methyl sites for hydroxylation is 1. The van der Waals surface area contributed by atoms with Crippen LogP contribution in [-0.2, 0) is 6.42 Å². The van der Waals surface area contributed by atoms with Gasteiger partial charge in [-0.25, -0.2) is 0 Å². The fourth-order valence-electron chi connectivity index (χ4n) is 3.00. The van der Waals surface area contributed by atoms with Gasteiger partial charge in [-0.3, -0.25) is 4.98 Å². The number of rotatable bonds is 7. The number of hydrogen-bond donors (Lipinski definition) is 0. The van der Waals surface area contributed by atoms with E-state index in [1.807, 2.05) is 0 Å². The molecule has 0 spiro atoms. The summed E-state index contributed by atoms with van der Waals surface area (Å²) in [6, 6.07) is 15.5. The van der Waals surface area contributed by atoms with E-state index >= 15 is 0 Å². The molecule has 0 saturated carbocycles. The molecule has 0 bridgehead atoms. The molecule has 0 N–H and O–H groups in total. The van der Waals surface area contributed by atoms with Gasteiger partial charge >= 0.3 is 0 Å². The highest BCUT2D eigenvalue weighted by molar-refractivity contribution is 5.26. The van der Waals surface area contributed by atoms with E-state index in [1.54, 1.807) is 0 Å². The minimum absolute atomic E-state index is 0.498. The number of nitrogens with zero attached hydrogens (tertiary/aromatic N) is 1. The largest absolute Gasteiger partial charge is 0.257 e. The summed E-state index contributed by atoms with van der Waals surface area (Å²) in [5.41, 5.74) is 5.36. The first-order valence-corrected chi connectivity index (χ1v) is 9.07. The Morgan fingerprint density at radius 1 is 0.826 bits per heavy atom. The Labute approximate surface area is 142 Å². The van der Waals surface area contributed by atoms with Gasteiger partial charge in [0.05, 0.1) is 0 Å². The second-order valence-electron chi connectivity index (χ2n) is 7.12. The lowest BCUT2D eigenvalue weighted by Crippen LogP contribution is -2.03. The fraction of sp³-hybridized carbons (Fsp3) is 0.500. The monoisotopic (exact) mass is 309 g/mol. The highest BCUT2D eigenvalue weighted by Crippen LogP contribution is 2.28. The molecular weight excluding hydrogens is 278 g/mol. The number of pyridine rings is 1. The third-order valence-corrected chi connectivity index (χ3v) is 4.85. The van der Waals surface area contributed by atoms with Crippen LogP contribution in [0.2, 0.25) is 0 Å². The highest BCUT2D eigenvalue weighted by atomic mass is 14.7. The molecule has 0 aliphatic heterocycles. The van der Waals surface area contributed by atoms with Gasteiger partial charge in [0.15, 0.2) is 0 Å². The lowest BCUT2D eigenvalue weighted by molar-refractivity contribution is 0.562. The Hall–Kier alpha value is -1.63. The lowest BCUT2D eigenvalue weighted by atomic mass is 9.90. The minimum atomic E-state index is 0.498. The van der Waals surface area contributed by atoms with Crippen molar-refractivity contribution in [3.8, 4) is 0 Å². The van der Waals surface area contributed by atoms with E-state index < -0.39 is 0 Å². The molecule has 0 amide bonds. The van der Waals surface area contributed by atoms with Gasteiger partial charge in [-0.15, -0.1) is 0 Å². The molecule has 0 saturated heterocycles. The Morgan fingerprint density at radius 2 is 1.48 bits per heavy atom. The summed E-state index contributed by atoms with van der Waals surface area (Å²) >= 11 is 0. The molecule has 23 heavy (non-hydrogen) atoms. The zero-order valence-electron chi connectivity index (χ0n) is 15.3. The van der Waals surface area contributed by atoms with Crippen LogP contribution >= 0.6 is 0 Å². The van der Waals surface area contributed by atoms with Crippen LogP contribution in [0.4, 0.5) is 0 Å². The first-order chi connectivity index (χ1) is 11.0. The molecule has 1 nitrogen and oxygen atoms in total.